The van der Waals surface area contributed by atoms with Crippen LogP contribution in [0, 0.1) is 20.2 Å². The van der Waals surface area contributed by atoms with Gasteiger partial charge in [0, 0.05) is 50.4 Å². The van der Waals surface area contributed by atoms with Crippen molar-refractivity contribution in [1.29, 1.82) is 0 Å². The molecule has 0 saturated carbocycles. The van der Waals surface area contributed by atoms with E-state index in [1.165, 1.54) is 49.1 Å². The van der Waals surface area contributed by atoms with Crippen LogP contribution in [0.4, 0.5) is 17.1 Å². The molecule has 0 radical (unpaired) electrons. The minimum atomic E-state index is -0.497. The van der Waals surface area contributed by atoms with E-state index >= 15 is 0 Å². The van der Waals surface area contributed by atoms with E-state index in [4.69, 9.17) is 20.4 Å². The van der Waals surface area contributed by atoms with Crippen molar-refractivity contribution in [3.05, 3.63) is 86.6 Å². The lowest BCUT2D eigenvalue weighted by Gasteiger charge is -2.34. The number of likely N-dealkylation sites (N-methyl/N-ethyl adjacent to an activating group) is 1. The first-order chi connectivity index (χ1) is 17.3. The van der Waals surface area contributed by atoms with Gasteiger partial charge in [-0.15, -0.1) is 0 Å². The second kappa shape index (κ2) is 11.0. The fraction of sp³-hybridized carbons (Fsp3) is 0.217. The molecule has 0 amide bonds. The Morgan fingerprint density at radius 1 is 0.833 bits per heavy atom. The summed E-state index contributed by atoms with van der Waals surface area (Å²) in [7, 11) is 2.09. The zero-order valence-electron chi connectivity index (χ0n) is 19.1. The predicted molar refractivity (Wildman–Crippen MR) is 132 cm³/mol. The van der Waals surface area contributed by atoms with Crippen LogP contribution in [-0.2, 0) is 0 Å². The molecule has 1 aliphatic heterocycles. The number of nitrogens with zero attached hydrogens (tertiary/aromatic N) is 6. The van der Waals surface area contributed by atoms with Gasteiger partial charge in [-0.25, -0.2) is 9.97 Å². The van der Waals surface area contributed by atoms with Crippen LogP contribution >= 0.6 is 11.6 Å². The highest BCUT2D eigenvalue weighted by atomic mass is 35.5. The first kappa shape index (κ1) is 24.8. The van der Waals surface area contributed by atoms with Crippen LogP contribution in [0.15, 0.2) is 70.2 Å². The maximum Gasteiger partial charge on any atom is 0.270 e. The molecule has 3 heterocycles. The Bertz CT molecular complexity index is 1340. The maximum atomic E-state index is 11.0. The molecule has 36 heavy (non-hydrogen) atoms. The average molecular weight is 513 g/mol. The third-order valence-electron chi connectivity index (χ3n) is 5.52. The molecule has 2 aromatic heterocycles. The van der Waals surface area contributed by atoms with E-state index in [-0.39, 0.29) is 17.3 Å². The molecule has 5 rings (SSSR count). The second-order valence-electron chi connectivity index (χ2n) is 7.84. The number of anilines is 1. The highest BCUT2D eigenvalue weighted by molar-refractivity contribution is 6.33. The lowest BCUT2D eigenvalue weighted by atomic mass is 10.1. The fourth-order valence-electron chi connectivity index (χ4n) is 3.64. The molecule has 0 atom stereocenters. The highest BCUT2D eigenvalue weighted by Gasteiger charge is 2.22. The van der Waals surface area contributed by atoms with Crippen molar-refractivity contribution >= 4 is 28.7 Å². The largest absolute Gasteiger partial charge is 0.444 e. The first-order valence-corrected chi connectivity index (χ1v) is 11.2. The topological polar surface area (TPSA) is 145 Å². The van der Waals surface area contributed by atoms with E-state index in [1.807, 2.05) is 0 Å². The number of hydrogen-bond donors (Lipinski definition) is 0. The van der Waals surface area contributed by atoms with Crippen molar-refractivity contribution in [2.45, 2.75) is 0 Å². The zero-order chi connectivity index (χ0) is 25.7. The number of benzene rings is 2. The molecule has 1 saturated heterocycles. The maximum absolute atomic E-state index is 11.0. The smallest absolute Gasteiger partial charge is 0.270 e. The van der Waals surface area contributed by atoms with E-state index < -0.39 is 9.85 Å². The SMILES string of the molecule is CN1CCN(c2ccc([N+](=O)[O-])cc2-c2ncco2)CC1.O=[N+]([O-])c1ccc(Cl)c(-c2ncco2)c1. The van der Waals surface area contributed by atoms with E-state index in [1.54, 1.807) is 12.3 Å². The number of non-ortho nitro benzene ring substituents is 2. The summed E-state index contributed by atoms with van der Waals surface area (Å²) in [5, 5.41) is 21.9. The summed E-state index contributed by atoms with van der Waals surface area (Å²) in [6.07, 6.45) is 5.85. The van der Waals surface area contributed by atoms with Crippen LogP contribution in [0.25, 0.3) is 22.9 Å². The Hall–Kier alpha value is -4.29. The van der Waals surface area contributed by atoms with E-state index in [2.05, 4.69) is 26.8 Å². The van der Waals surface area contributed by atoms with Gasteiger partial charge in [0.25, 0.3) is 11.4 Å². The molecule has 1 aliphatic rings. The molecule has 0 aliphatic carbocycles. The van der Waals surface area contributed by atoms with E-state index in [0.717, 1.165) is 31.9 Å². The third-order valence-corrected chi connectivity index (χ3v) is 5.85. The molecule has 0 unspecified atom stereocenters. The monoisotopic (exact) mass is 512 g/mol. The van der Waals surface area contributed by atoms with E-state index in [0.29, 0.717) is 22.0 Å². The number of piperazine rings is 1. The minimum absolute atomic E-state index is 0.0427. The summed E-state index contributed by atoms with van der Waals surface area (Å²) in [5.41, 5.74) is 2.00. The normalized spacial score (nSPS) is 13.7. The van der Waals surface area contributed by atoms with Crippen LogP contribution in [0.5, 0.6) is 0 Å². The number of hydrogen-bond acceptors (Lipinski definition) is 10. The molecule has 0 spiro atoms. The van der Waals surface area contributed by atoms with Gasteiger partial charge in [-0.05, 0) is 19.2 Å². The summed E-state index contributed by atoms with van der Waals surface area (Å²) in [6, 6.07) is 8.94. The summed E-state index contributed by atoms with van der Waals surface area (Å²) < 4.78 is 10.4. The van der Waals surface area contributed by atoms with Crippen LogP contribution in [-0.4, -0.2) is 57.9 Å². The molecule has 186 valence electrons. The Morgan fingerprint density at radius 3 is 1.89 bits per heavy atom. The van der Waals surface area contributed by atoms with Crippen molar-refractivity contribution in [3.8, 4) is 22.9 Å². The van der Waals surface area contributed by atoms with Crippen molar-refractivity contribution in [1.82, 2.24) is 14.9 Å². The molecule has 1 fully saturated rings. The lowest BCUT2D eigenvalue weighted by molar-refractivity contribution is -0.385. The van der Waals surface area contributed by atoms with Crippen LogP contribution < -0.4 is 4.90 Å². The number of oxazole rings is 2. The molecule has 13 heteroatoms. The predicted octanol–water partition coefficient (Wildman–Crippen LogP) is 4.90. The van der Waals surface area contributed by atoms with Crippen LogP contribution in [0.2, 0.25) is 5.02 Å². The average Bonchev–Trinajstić information content (AvgIpc) is 3.60. The van der Waals surface area contributed by atoms with Gasteiger partial charge in [-0.1, -0.05) is 11.6 Å². The summed E-state index contributed by atoms with van der Waals surface area (Å²) >= 11 is 5.87. The Labute approximate surface area is 210 Å². The zero-order valence-corrected chi connectivity index (χ0v) is 19.9. The molecule has 12 nitrogen and oxygen atoms in total. The summed E-state index contributed by atoms with van der Waals surface area (Å²) in [4.78, 5) is 33.1. The van der Waals surface area contributed by atoms with Gasteiger partial charge in [0.15, 0.2) is 0 Å². The molecule has 4 aromatic rings. The van der Waals surface area contributed by atoms with Gasteiger partial charge in [0.2, 0.25) is 11.8 Å². The highest BCUT2D eigenvalue weighted by Crippen LogP contribution is 2.34. The number of rotatable bonds is 5. The van der Waals surface area contributed by atoms with Crippen LogP contribution in [0.1, 0.15) is 0 Å². The van der Waals surface area contributed by atoms with Crippen molar-refractivity contribution in [2.24, 2.45) is 0 Å². The third kappa shape index (κ3) is 5.67. The van der Waals surface area contributed by atoms with Gasteiger partial charge in [0.05, 0.1) is 44.1 Å². The fourth-order valence-corrected chi connectivity index (χ4v) is 3.83. The molecule has 2 aromatic carbocycles. The standard InChI is InChI=1S/C14H16N4O3.C9H5ClN2O3/c1-16-5-7-17(8-6-16)13-3-2-11(18(19)20)10-12(13)14-15-4-9-21-14;10-8-2-1-6(12(13)14)5-7(8)9-11-3-4-15-9/h2-4,9-10H,5-8H2,1H3;1-5H. The van der Waals surface area contributed by atoms with Crippen LogP contribution in [0.3, 0.4) is 0 Å². The van der Waals surface area contributed by atoms with Crippen molar-refractivity contribution in [2.75, 3.05) is 38.1 Å². The number of nitro benzene ring substituents is 2. The van der Waals surface area contributed by atoms with Gasteiger partial charge in [-0.2, -0.15) is 0 Å². The van der Waals surface area contributed by atoms with Crippen molar-refractivity contribution in [3.63, 3.8) is 0 Å². The summed E-state index contributed by atoms with van der Waals surface area (Å²) in [6.45, 7) is 3.67. The quantitative estimate of drug-likeness (QED) is 0.267. The minimum Gasteiger partial charge on any atom is -0.444 e. The Morgan fingerprint density at radius 2 is 1.36 bits per heavy atom. The van der Waals surface area contributed by atoms with E-state index in [9.17, 15) is 20.2 Å². The van der Waals surface area contributed by atoms with Crippen molar-refractivity contribution < 1.29 is 18.7 Å². The number of nitro groups is 2. The molecule has 0 bridgehead atoms. The van der Waals surface area contributed by atoms with Gasteiger partial charge < -0.3 is 18.6 Å². The first-order valence-electron chi connectivity index (χ1n) is 10.8. The number of halogens is 1. The Kier molecular flexibility index (Phi) is 7.56. The molecule has 0 N–H and O–H groups in total. The number of aromatic nitrogens is 2. The molecular formula is C23H21ClN6O6. The lowest BCUT2D eigenvalue weighted by Crippen LogP contribution is -2.44. The van der Waals surface area contributed by atoms with Gasteiger partial charge in [-0.3, -0.25) is 20.2 Å². The van der Waals surface area contributed by atoms with Gasteiger partial charge in [0.1, 0.15) is 12.5 Å². The van der Waals surface area contributed by atoms with Gasteiger partial charge >= 0.3 is 0 Å². The summed E-state index contributed by atoms with van der Waals surface area (Å²) in [5.74, 6) is 0.677. The second-order valence-corrected chi connectivity index (χ2v) is 8.25. The molecular weight excluding hydrogens is 492 g/mol. The Balaban J connectivity index is 0.000000179.